The normalized spacial score (nSPS) is 19.9. The summed E-state index contributed by atoms with van der Waals surface area (Å²) in [5.74, 6) is 0.189. The van der Waals surface area contributed by atoms with Gasteiger partial charge in [0.05, 0.1) is 6.04 Å². The van der Waals surface area contributed by atoms with Gasteiger partial charge in [0.1, 0.15) is 0 Å². The van der Waals surface area contributed by atoms with E-state index < -0.39 is 0 Å². The Morgan fingerprint density at radius 1 is 0.967 bits per heavy atom. The van der Waals surface area contributed by atoms with Gasteiger partial charge in [-0.05, 0) is 24.5 Å². The first-order valence-electron chi connectivity index (χ1n) is 10.8. The Balaban J connectivity index is 1.33. The van der Waals surface area contributed by atoms with Crippen LogP contribution in [0.1, 0.15) is 23.1 Å². The van der Waals surface area contributed by atoms with Gasteiger partial charge < -0.3 is 15.1 Å². The number of carbonyl (C=O) groups is 2. The first-order chi connectivity index (χ1) is 14.6. The van der Waals surface area contributed by atoms with Gasteiger partial charge in [0.25, 0.3) is 0 Å². The van der Waals surface area contributed by atoms with Crippen molar-refractivity contribution < 1.29 is 9.59 Å². The molecule has 0 aliphatic carbocycles. The summed E-state index contributed by atoms with van der Waals surface area (Å²) in [7, 11) is 0. The topological polar surface area (TPSA) is 55.9 Å². The van der Waals surface area contributed by atoms with E-state index in [2.05, 4.69) is 35.3 Å². The number of hydrogen-bond donors (Lipinski definition) is 1. The SMILES string of the molecule is Cc1cccc(CN2CCN3CCN(C(=O)NCc4ccccc4)CCC3C2=O)c1. The van der Waals surface area contributed by atoms with Crippen molar-refractivity contribution in [3.05, 3.63) is 71.3 Å². The van der Waals surface area contributed by atoms with E-state index in [4.69, 9.17) is 0 Å². The van der Waals surface area contributed by atoms with Gasteiger partial charge >= 0.3 is 6.03 Å². The summed E-state index contributed by atoms with van der Waals surface area (Å²) in [6, 6.07) is 18.1. The fraction of sp³-hybridized carbons (Fsp3) is 0.417. The molecule has 1 atom stereocenters. The van der Waals surface area contributed by atoms with Crippen LogP contribution in [0.15, 0.2) is 54.6 Å². The third-order valence-electron chi connectivity index (χ3n) is 6.05. The number of carbonyl (C=O) groups excluding carboxylic acids is 2. The van der Waals surface area contributed by atoms with Crippen molar-refractivity contribution in [2.45, 2.75) is 32.5 Å². The van der Waals surface area contributed by atoms with Crippen LogP contribution in [-0.2, 0) is 17.9 Å². The standard InChI is InChI=1S/C24H30N4O2/c1-19-6-5-9-21(16-19)18-28-15-13-26-12-14-27(11-10-22(26)23(28)29)24(30)25-17-20-7-3-2-4-8-20/h2-9,16,22H,10-15,17-18H2,1H3,(H,25,30). The minimum absolute atomic E-state index is 0.0530. The Bertz CT molecular complexity index is 886. The summed E-state index contributed by atoms with van der Waals surface area (Å²) >= 11 is 0. The van der Waals surface area contributed by atoms with Crippen LogP contribution in [0.2, 0.25) is 0 Å². The monoisotopic (exact) mass is 406 g/mol. The van der Waals surface area contributed by atoms with Crippen molar-refractivity contribution in [2.75, 3.05) is 32.7 Å². The van der Waals surface area contributed by atoms with Crippen LogP contribution in [0.25, 0.3) is 0 Å². The van der Waals surface area contributed by atoms with Crippen molar-refractivity contribution in [3.8, 4) is 0 Å². The quantitative estimate of drug-likeness (QED) is 0.849. The Morgan fingerprint density at radius 3 is 2.53 bits per heavy atom. The Kier molecular flexibility index (Phi) is 6.33. The molecule has 2 aromatic rings. The Morgan fingerprint density at radius 2 is 1.73 bits per heavy atom. The molecule has 1 N–H and O–H groups in total. The van der Waals surface area contributed by atoms with Gasteiger partial charge in [-0.25, -0.2) is 4.79 Å². The molecule has 0 aromatic heterocycles. The van der Waals surface area contributed by atoms with Gasteiger partial charge in [0, 0.05) is 45.8 Å². The van der Waals surface area contributed by atoms with E-state index in [1.807, 2.05) is 46.2 Å². The number of nitrogens with one attached hydrogen (secondary N) is 1. The molecule has 0 saturated carbocycles. The van der Waals surface area contributed by atoms with Crippen LogP contribution >= 0.6 is 0 Å². The molecular formula is C24H30N4O2. The fourth-order valence-corrected chi connectivity index (χ4v) is 4.37. The Labute approximate surface area is 178 Å². The first kappa shape index (κ1) is 20.4. The maximum absolute atomic E-state index is 13.2. The van der Waals surface area contributed by atoms with Crippen LogP contribution in [0.4, 0.5) is 4.79 Å². The highest BCUT2D eigenvalue weighted by atomic mass is 16.2. The van der Waals surface area contributed by atoms with Gasteiger partial charge in [-0.2, -0.15) is 0 Å². The molecule has 30 heavy (non-hydrogen) atoms. The molecule has 158 valence electrons. The molecule has 3 amide bonds. The van der Waals surface area contributed by atoms with E-state index in [9.17, 15) is 9.59 Å². The molecule has 2 saturated heterocycles. The lowest BCUT2D eigenvalue weighted by Gasteiger charge is -2.39. The molecule has 1 unspecified atom stereocenters. The lowest BCUT2D eigenvalue weighted by Crippen LogP contribution is -2.56. The maximum Gasteiger partial charge on any atom is 0.317 e. The number of urea groups is 1. The Hall–Kier alpha value is -2.86. The van der Waals surface area contributed by atoms with Gasteiger partial charge in [-0.3, -0.25) is 9.69 Å². The van der Waals surface area contributed by atoms with Crippen LogP contribution in [0, 0.1) is 6.92 Å². The highest BCUT2D eigenvalue weighted by Gasteiger charge is 2.37. The van der Waals surface area contributed by atoms with Gasteiger partial charge in [-0.15, -0.1) is 0 Å². The van der Waals surface area contributed by atoms with E-state index in [0.717, 1.165) is 25.2 Å². The van der Waals surface area contributed by atoms with Crippen molar-refractivity contribution in [3.63, 3.8) is 0 Å². The molecular weight excluding hydrogens is 376 g/mol. The summed E-state index contributed by atoms with van der Waals surface area (Å²) in [6.45, 7) is 6.86. The number of nitrogens with zero attached hydrogens (tertiary/aromatic N) is 3. The number of fused-ring (bicyclic) bond motifs is 1. The van der Waals surface area contributed by atoms with Crippen LogP contribution < -0.4 is 5.32 Å². The summed E-state index contributed by atoms with van der Waals surface area (Å²) in [4.78, 5) is 31.9. The largest absolute Gasteiger partial charge is 0.336 e. The number of aryl methyl sites for hydroxylation is 1. The van der Waals surface area contributed by atoms with Crippen LogP contribution in [0.5, 0.6) is 0 Å². The predicted molar refractivity (Wildman–Crippen MR) is 117 cm³/mol. The number of benzene rings is 2. The van der Waals surface area contributed by atoms with Crippen LogP contribution in [-0.4, -0.2) is 65.4 Å². The third kappa shape index (κ3) is 4.82. The summed E-state index contributed by atoms with van der Waals surface area (Å²) in [5.41, 5.74) is 3.47. The van der Waals surface area contributed by atoms with Gasteiger partial charge in [-0.1, -0.05) is 60.2 Å². The zero-order valence-corrected chi connectivity index (χ0v) is 17.6. The molecule has 2 fully saturated rings. The van der Waals surface area contributed by atoms with Gasteiger partial charge in [0.15, 0.2) is 0 Å². The van der Waals surface area contributed by atoms with E-state index >= 15 is 0 Å². The molecule has 0 radical (unpaired) electrons. The smallest absolute Gasteiger partial charge is 0.317 e. The maximum atomic E-state index is 13.2. The molecule has 2 aliphatic heterocycles. The highest BCUT2D eigenvalue weighted by molar-refractivity contribution is 5.83. The van der Waals surface area contributed by atoms with Crippen molar-refractivity contribution in [2.24, 2.45) is 0 Å². The molecule has 2 aromatic carbocycles. The molecule has 0 spiro atoms. The predicted octanol–water partition coefficient (Wildman–Crippen LogP) is 2.62. The van der Waals surface area contributed by atoms with E-state index in [0.29, 0.717) is 32.6 Å². The number of piperazine rings is 1. The number of amides is 3. The summed E-state index contributed by atoms with van der Waals surface area (Å²) < 4.78 is 0. The average molecular weight is 407 g/mol. The minimum atomic E-state index is -0.129. The zero-order chi connectivity index (χ0) is 20.9. The first-order valence-corrected chi connectivity index (χ1v) is 10.8. The van der Waals surface area contributed by atoms with Crippen molar-refractivity contribution >= 4 is 11.9 Å². The molecule has 2 aliphatic rings. The lowest BCUT2D eigenvalue weighted by molar-refractivity contribution is -0.142. The lowest BCUT2D eigenvalue weighted by atomic mass is 10.1. The average Bonchev–Trinajstić information content (AvgIpc) is 2.98. The molecule has 2 heterocycles. The molecule has 4 rings (SSSR count). The number of rotatable bonds is 4. The highest BCUT2D eigenvalue weighted by Crippen LogP contribution is 2.20. The second-order valence-electron chi connectivity index (χ2n) is 8.22. The molecule has 6 heteroatoms. The van der Waals surface area contributed by atoms with Crippen molar-refractivity contribution in [1.29, 1.82) is 0 Å². The zero-order valence-electron chi connectivity index (χ0n) is 17.6. The van der Waals surface area contributed by atoms with E-state index in [-0.39, 0.29) is 18.0 Å². The molecule has 0 bridgehead atoms. The minimum Gasteiger partial charge on any atom is -0.336 e. The summed E-state index contributed by atoms with van der Waals surface area (Å²) in [6.07, 6.45) is 0.682. The van der Waals surface area contributed by atoms with Crippen molar-refractivity contribution in [1.82, 2.24) is 20.0 Å². The summed E-state index contributed by atoms with van der Waals surface area (Å²) in [5, 5.41) is 3.01. The second-order valence-corrected chi connectivity index (χ2v) is 8.22. The van der Waals surface area contributed by atoms with E-state index in [1.165, 1.54) is 11.1 Å². The van der Waals surface area contributed by atoms with E-state index in [1.54, 1.807) is 0 Å². The second kappa shape index (κ2) is 9.30. The fourth-order valence-electron chi connectivity index (χ4n) is 4.37. The van der Waals surface area contributed by atoms with Crippen LogP contribution in [0.3, 0.4) is 0 Å². The van der Waals surface area contributed by atoms with Gasteiger partial charge in [0.2, 0.25) is 5.91 Å². The molecule has 6 nitrogen and oxygen atoms in total. The number of hydrogen-bond acceptors (Lipinski definition) is 3. The third-order valence-corrected chi connectivity index (χ3v) is 6.05.